The number of anilines is 1. The molecular formula is C22H21NO7. The highest BCUT2D eigenvalue weighted by Crippen LogP contribution is 2.27. The average Bonchev–Trinajstić information content (AvgIpc) is 3.26. The summed E-state index contributed by atoms with van der Waals surface area (Å²) in [6.07, 6.45) is 0. The summed E-state index contributed by atoms with van der Waals surface area (Å²) in [7, 11) is 4.29. The van der Waals surface area contributed by atoms with Gasteiger partial charge in [-0.25, -0.2) is 4.79 Å². The minimum atomic E-state index is -0.602. The average molecular weight is 411 g/mol. The SMILES string of the molecule is COC(=O)c1cc(OC)ccc1NC(=O)c1ccc(COc2ccccc2OC)o1. The molecule has 1 amide bonds. The van der Waals surface area contributed by atoms with Crippen LogP contribution >= 0.6 is 0 Å². The molecule has 0 spiro atoms. The van der Waals surface area contributed by atoms with Crippen molar-refractivity contribution in [1.29, 1.82) is 0 Å². The molecule has 1 N–H and O–H groups in total. The van der Waals surface area contributed by atoms with Gasteiger partial charge in [0.15, 0.2) is 17.3 Å². The number of hydrogen-bond acceptors (Lipinski definition) is 7. The van der Waals surface area contributed by atoms with Gasteiger partial charge < -0.3 is 28.7 Å². The molecule has 0 saturated heterocycles. The van der Waals surface area contributed by atoms with Gasteiger partial charge in [-0.15, -0.1) is 0 Å². The summed E-state index contributed by atoms with van der Waals surface area (Å²) in [5, 5.41) is 2.65. The second-order valence-corrected chi connectivity index (χ2v) is 6.06. The highest BCUT2D eigenvalue weighted by molar-refractivity contribution is 6.06. The van der Waals surface area contributed by atoms with Crippen molar-refractivity contribution in [2.45, 2.75) is 6.61 Å². The van der Waals surface area contributed by atoms with Gasteiger partial charge in [-0.1, -0.05) is 12.1 Å². The molecule has 0 atom stereocenters. The summed E-state index contributed by atoms with van der Waals surface area (Å²) >= 11 is 0. The third-order valence-corrected chi connectivity index (χ3v) is 4.20. The maximum absolute atomic E-state index is 12.6. The molecule has 0 fully saturated rings. The molecular weight excluding hydrogens is 390 g/mol. The van der Waals surface area contributed by atoms with Crippen LogP contribution in [0.1, 0.15) is 26.7 Å². The van der Waals surface area contributed by atoms with Gasteiger partial charge in [-0.2, -0.15) is 0 Å². The Morgan fingerprint density at radius 3 is 2.40 bits per heavy atom. The third kappa shape index (κ3) is 4.72. The topological polar surface area (TPSA) is 96.2 Å². The molecule has 0 bridgehead atoms. The fourth-order valence-corrected chi connectivity index (χ4v) is 2.69. The Balaban J connectivity index is 1.70. The number of furan rings is 1. The maximum atomic E-state index is 12.6. The molecule has 156 valence electrons. The van der Waals surface area contributed by atoms with E-state index >= 15 is 0 Å². The van der Waals surface area contributed by atoms with Crippen molar-refractivity contribution in [3.63, 3.8) is 0 Å². The molecule has 2 aromatic carbocycles. The summed E-state index contributed by atoms with van der Waals surface area (Å²) in [6.45, 7) is 0.115. The number of esters is 1. The quantitative estimate of drug-likeness (QED) is 0.561. The standard InChI is InChI=1S/C22H21NO7/c1-26-14-8-10-17(16(12-14)22(25)28-3)23-21(24)20-11-9-15(30-20)13-29-19-7-5-4-6-18(19)27-2/h4-12H,13H2,1-3H3,(H,23,24). The number of benzene rings is 2. The van der Waals surface area contributed by atoms with Crippen molar-refractivity contribution in [3.05, 3.63) is 71.7 Å². The van der Waals surface area contributed by atoms with Crippen molar-refractivity contribution < 1.29 is 33.0 Å². The number of carbonyl (C=O) groups excluding carboxylic acids is 2. The van der Waals surface area contributed by atoms with E-state index in [1.165, 1.54) is 26.4 Å². The van der Waals surface area contributed by atoms with Crippen LogP contribution in [0.15, 0.2) is 59.0 Å². The van der Waals surface area contributed by atoms with Crippen LogP contribution in [0.3, 0.4) is 0 Å². The summed E-state index contributed by atoms with van der Waals surface area (Å²) in [5.41, 5.74) is 0.437. The fraction of sp³-hybridized carbons (Fsp3) is 0.182. The minimum Gasteiger partial charge on any atom is -0.497 e. The first-order valence-electron chi connectivity index (χ1n) is 8.98. The number of nitrogens with one attached hydrogen (secondary N) is 1. The lowest BCUT2D eigenvalue weighted by atomic mass is 10.1. The number of rotatable bonds is 8. The number of amides is 1. The molecule has 8 heteroatoms. The number of para-hydroxylation sites is 2. The zero-order valence-electron chi connectivity index (χ0n) is 16.8. The largest absolute Gasteiger partial charge is 0.497 e. The van der Waals surface area contributed by atoms with Crippen LogP contribution in [0.4, 0.5) is 5.69 Å². The second kappa shape index (κ2) is 9.51. The highest BCUT2D eigenvalue weighted by atomic mass is 16.5. The van der Waals surface area contributed by atoms with Crippen molar-refractivity contribution >= 4 is 17.6 Å². The van der Waals surface area contributed by atoms with Crippen molar-refractivity contribution in [2.75, 3.05) is 26.6 Å². The lowest BCUT2D eigenvalue weighted by molar-refractivity contribution is 0.0601. The molecule has 8 nitrogen and oxygen atoms in total. The van der Waals surface area contributed by atoms with E-state index in [9.17, 15) is 9.59 Å². The number of carbonyl (C=O) groups is 2. The van der Waals surface area contributed by atoms with Gasteiger partial charge in [0.1, 0.15) is 18.1 Å². The van der Waals surface area contributed by atoms with Crippen molar-refractivity contribution in [3.8, 4) is 17.2 Å². The number of ether oxygens (including phenoxy) is 4. The Hall–Kier alpha value is -3.94. The van der Waals surface area contributed by atoms with Gasteiger partial charge in [0, 0.05) is 0 Å². The zero-order valence-corrected chi connectivity index (χ0v) is 16.8. The van der Waals surface area contributed by atoms with Crippen LogP contribution in [-0.4, -0.2) is 33.2 Å². The Bertz CT molecular complexity index is 1040. The zero-order chi connectivity index (χ0) is 21.5. The Labute approximate surface area is 173 Å². The van der Waals surface area contributed by atoms with Crippen molar-refractivity contribution in [2.24, 2.45) is 0 Å². The van der Waals surface area contributed by atoms with E-state index in [4.69, 9.17) is 23.4 Å². The predicted molar refractivity (Wildman–Crippen MR) is 108 cm³/mol. The lowest BCUT2D eigenvalue weighted by Crippen LogP contribution is -2.15. The fourth-order valence-electron chi connectivity index (χ4n) is 2.69. The molecule has 0 aliphatic rings. The van der Waals surface area contributed by atoms with Crippen LogP contribution in [-0.2, 0) is 11.3 Å². The Morgan fingerprint density at radius 2 is 1.70 bits per heavy atom. The maximum Gasteiger partial charge on any atom is 0.340 e. The molecule has 1 aromatic heterocycles. The van der Waals surface area contributed by atoms with Crippen LogP contribution in [0.25, 0.3) is 0 Å². The van der Waals surface area contributed by atoms with Crippen LogP contribution in [0, 0.1) is 0 Å². The molecule has 0 aliphatic carbocycles. The van der Waals surface area contributed by atoms with E-state index in [1.807, 2.05) is 12.1 Å². The van der Waals surface area contributed by atoms with Gasteiger partial charge in [-0.3, -0.25) is 4.79 Å². The highest BCUT2D eigenvalue weighted by Gasteiger charge is 2.18. The summed E-state index contributed by atoms with van der Waals surface area (Å²) in [5.74, 6) is 1.01. The minimum absolute atomic E-state index is 0.0697. The van der Waals surface area contributed by atoms with E-state index < -0.39 is 11.9 Å². The van der Waals surface area contributed by atoms with E-state index in [2.05, 4.69) is 5.32 Å². The first-order valence-corrected chi connectivity index (χ1v) is 8.98. The molecule has 3 rings (SSSR count). The summed E-state index contributed by atoms with van der Waals surface area (Å²) in [6, 6.07) is 15.0. The smallest absolute Gasteiger partial charge is 0.340 e. The van der Waals surface area contributed by atoms with E-state index in [1.54, 1.807) is 37.4 Å². The van der Waals surface area contributed by atoms with Crippen LogP contribution < -0.4 is 19.5 Å². The molecule has 0 radical (unpaired) electrons. The van der Waals surface area contributed by atoms with E-state index in [0.717, 1.165) is 0 Å². The van der Waals surface area contributed by atoms with Gasteiger partial charge in [0.25, 0.3) is 5.91 Å². The van der Waals surface area contributed by atoms with Gasteiger partial charge in [-0.05, 0) is 42.5 Å². The monoisotopic (exact) mass is 411 g/mol. The van der Waals surface area contributed by atoms with E-state index in [0.29, 0.717) is 23.0 Å². The number of methoxy groups -OCH3 is 3. The Kier molecular flexibility index (Phi) is 6.59. The molecule has 30 heavy (non-hydrogen) atoms. The first kappa shape index (κ1) is 20.8. The van der Waals surface area contributed by atoms with Gasteiger partial charge in [0.2, 0.25) is 0 Å². The molecule has 0 aliphatic heterocycles. The second-order valence-electron chi connectivity index (χ2n) is 6.06. The van der Waals surface area contributed by atoms with E-state index in [-0.39, 0.29) is 23.6 Å². The third-order valence-electron chi connectivity index (χ3n) is 4.20. The molecule has 1 heterocycles. The predicted octanol–water partition coefficient (Wildman–Crippen LogP) is 3.91. The van der Waals surface area contributed by atoms with Crippen molar-refractivity contribution in [1.82, 2.24) is 0 Å². The lowest BCUT2D eigenvalue weighted by Gasteiger charge is -2.10. The normalized spacial score (nSPS) is 10.2. The Morgan fingerprint density at radius 1 is 0.933 bits per heavy atom. The molecule has 0 saturated carbocycles. The van der Waals surface area contributed by atoms with Gasteiger partial charge in [0.05, 0.1) is 32.6 Å². The van der Waals surface area contributed by atoms with Crippen LogP contribution in [0.5, 0.6) is 17.2 Å². The molecule has 3 aromatic rings. The van der Waals surface area contributed by atoms with Crippen LogP contribution in [0.2, 0.25) is 0 Å². The summed E-state index contributed by atoms with van der Waals surface area (Å²) < 4.78 is 26.4. The first-order chi connectivity index (χ1) is 14.5. The van der Waals surface area contributed by atoms with Gasteiger partial charge >= 0.3 is 5.97 Å². The summed E-state index contributed by atoms with van der Waals surface area (Å²) in [4.78, 5) is 24.6. The number of hydrogen-bond donors (Lipinski definition) is 1. The molecule has 0 unspecified atom stereocenters.